The van der Waals surface area contributed by atoms with E-state index in [2.05, 4.69) is 15.3 Å². The molecule has 0 atom stereocenters. The summed E-state index contributed by atoms with van der Waals surface area (Å²) in [4.78, 5) is 18.9. The third-order valence-corrected chi connectivity index (χ3v) is 3.99. The van der Waals surface area contributed by atoms with Gasteiger partial charge in [0.1, 0.15) is 0 Å². The molecule has 5 nitrogen and oxygen atoms in total. The van der Waals surface area contributed by atoms with Gasteiger partial charge in [-0.1, -0.05) is 17.8 Å². The van der Waals surface area contributed by atoms with Gasteiger partial charge in [0, 0.05) is 17.8 Å². The molecule has 0 saturated heterocycles. The number of nitrogens with one attached hydrogen (secondary N) is 2. The minimum absolute atomic E-state index is 0.0571. The third kappa shape index (κ3) is 3.52. The first-order valence-electron chi connectivity index (χ1n) is 6.83. The van der Waals surface area contributed by atoms with Crippen molar-refractivity contribution in [3.8, 4) is 6.07 Å². The number of nitriles is 1. The number of anilines is 1. The summed E-state index contributed by atoms with van der Waals surface area (Å²) in [5.74, 6) is -2.16. The van der Waals surface area contributed by atoms with Crippen molar-refractivity contribution in [1.82, 2.24) is 9.97 Å². The number of amides is 1. The van der Waals surface area contributed by atoms with Gasteiger partial charge in [0.2, 0.25) is 5.91 Å². The van der Waals surface area contributed by atoms with Crippen LogP contribution in [0.25, 0.3) is 11.0 Å². The molecule has 2 N–H and O–H groups in total. The van der Waals surface area contributed by atoms with E-state index < -0.39 is 11.6 Å². The number of nitrogens with zero attached hydrogens (tertiary/aromatic N) is 2. The van der Waals surface area contributed by atoms with Gasteiger partial charge in [-0.25, -0.2) is 13.8 Å². The second-order valence-corrected chi connectivity index (χ2v) is 5.82. The topological polar surface area (TPSA) is 81.6 Å². The summed E-state index contributed by atoms with van der Waals surface area (Å²) in [6.07, 6.45) is 0. The van der Waals surface area contributed by atoms with Crippen LogP contribution in [0.1, 0.15) is 5.56 Å². The number of hydrogen-bond acceptors (Lipinski definition) is 4. The number of aromatic amines is 1. The number of carbonyl (C=O) groups excluding carboxylic acids is 1. The first kappa shape index (κ1) is 16.0. The number of rotatable bonds is 4. The van der Waals surface area contributed by atoms with Gasteiger partial charge in [-0.05, 0) is 18.2 Å². The van der Waals surface area contributed by atoms with Crippen molar-refractivity contribution < 1.29 is 13.6 Å². The Morgan fingerprint density at radius 3 is 2.88 bits per heavy atom. The summed E-state index contributed by atoms with van der Waals surface area (Å²) >= 11 is 1.11. The maximum atomic E-state index is 13.2. The van der Waals surface area contributed by atoms with Crippen LogP contribution in [0.5, 0.6) is 0 Å². The molecule has 120 valence electrons. The Hall–Kier alpha value is -2.92. The number of fused-ring (bicyclic) bond motifs is 1. The summed E-state index contributed by atoms with van der Waals surface area (Å²) in [7, 11) is 0. The largest absolute Gasteiger partial charge is 0.333 e. The average molecular weight is 344 g/mol. The molecule has 0 spiro atoms. The number of halogens is 2. The van der Waals surface area contributed by atoms with Gasteiger partial charge in [-0.2, -0.15) is 5.26 Å². The molecular weight excluding hydrogens is 334 g/mol. The standard InChI is InChI=1S/C16H10F2N4OS/c17-11-5-13-14(6-12(11)18)22-16(21-13)24-8-15(23)20-10-3-1-2-9(4-10)7-19/h1-6H,8H2,(H,20,23)(H,21,22). The molecule has 0 aliphatic rings. The van der Waals surface area contributed by atoms with Gasteiger partial charge in [-0.15, -0.1) is 0 Å². The van der Waals surface area contributed by atoms with Crippen molar-refractivity contribution in [2.75, 3.05) is 11.1 Å². The zero-order valence-corrected chi connectivity index (χ0v) is 13.0. The molecule has 8 heteroatoms. The lowest BCUT2D eigenvalue weighted by atomic mass is 10.2. The van der Waals surface area contributed by atoms with Crippen molar-refractivity contribution >= 4 is 34.4 Å². The fourth-order valence-electron chi connectivity index (χ4n) is 2.05. The summed E-state index contributed by atoms with van der Waals surface area (Å²) in [6.45, 7) is 0. The Morgan fingerprint density at radius 2 is 2.08 bits per heavy atom. The number of imidazole rings is 1. The van der Waals surface area contributed by atoms with Crippen LogP contribution in [-0.2, 0) is 4.79 Å². The molecule has 0 aliphatic heterocycles. The van der Waals surface area contributed by atoms with E-state index in [0.717, 1.165) is 23.9 Å². The van der Waals surface area contributed by atoms with E-state index in [0.29, 0.717) is 27.4 Å². The highest BCUT2D eigenvalue weighted by Crippen LogP contribution is 2.22. The van der Waals surface area contributed by atoms with E-state index >= 15 is 0 Å². The normalized spacial score (nSPS) is 10.5. The first-order valence-corrected chi connectivity index (χ1v) is 7.81. The van der Waals surface area contributed by atoms with Crippen LogP contribution in [0.2, 0.25) is 0 Å². The van der Waals surface area contributed by atoms with Crippen molar-refractivity contribution in [1.29, 1.82) is 5.26 Å². The van der Waals surface area contributed by atoms with Crippen molar-refractivity contribution in [2.24, 2.45) is 0 Å². The van der Waals surface area contributed by atoms with Crippen LogP contribution < -0.4 is 5.32 Å². The predicted octanol–water partition coefficient (Wildman–Crippen LogP) is 3.44. The summed E-state index contributed by atoms with van der Waals surface area (Å²) in [5, 5.41) is 11.9. The lowest BCUT2D eigenvalue weighted by Gasteiger charge is -2.04. The maximum Gasteiger partial charge on any atom is 0.234 e. The molecule has 3 rings (SSSR count). The van der Waals surface area contributed by atoms with E-state index in [4.69, 9.17) is 5.26 Å². The molecule has 0 bridgehead atoms. The fourth-order valence-corrected chi connectivity index (χ4v) is 2.73. The lowest BCUT2D eigenvalue weighted by molar-refractivity contribution is -0.113. The van der Waals surface area contributed by atoms with Gasteiger partial charge in [0.05, 0.1) is 28.4 Å². The van der Waals surface area contributed by atoms with E-state index in [1.165, 1.54) is 0 Å². The van der Waals surface area contributed by atoms with E-state index in [1.807, 2.05) is 6.07 Å². The van der Waals surface area contributed by atoms with Crippen LogP contribution in [0.4, 0.5) is 14.5 Å². The Bertz CT molecular complexity index is 925. The van der Waals surface area contributed by atoms with Crippen LogP contribution in [-0.4, -0.2) is 21.6 Å². The lowest BCUT2D eigenvalue weighted by Crippen LogP contribution is -2.14. The monoisotopic (exact) mass is 344 g/mol. The molecule has 1 heterocycles. The molecular formula is C16H10F2N4OS. The molecule has 0 aliphatic carbocycles. The zero-order valence-electron chi connectivity index (χ0n) is 12.1. The van der Waals surface area contributed by atoms with Gasteiger partial charge in [0.15, 0.2) is 16.8 Å². The second kappa shape index (κ2) is 6.68. The van der Waals surface area contributed by atoms with Crippen LogP contribution in [0, 0.1) is 23.0 Å². The Kier molecular flexibility index (Phi) is 4.44. The minimum atomic E-state index is -0.972. The predicted molar refractivity (Wildman–Crippen MR) is 86.5 cm³/mol. The highest BCUT2D eigenvalue weighted by molar-refractivity contribution is 7.99. The molecule has 0 unspecified atom stereocenters. The summed E-state index contributed by atoms with van der Waals surface area (Å²) < 4.78 is 26.3. The minimum Gasteiger partial charge on any atom is -0.333 e. The molecule has 3 aromatic rings. The molecule has 0 saturated carbocycles. The van der Waals surface area contributed by atoms with Crippen LogP contribution in [0.15, 0.2) is 41.6 Å². The molecule has 1 aromatic heterocycles. The average Bonchev–Trinajstić information content (AvgIpc) is 2.95. The first-order chi connectivity index (χ1) is 11.5. The summed E-state index contributed by atoms with van der Waals surface area (Å²) in [5.41, 5.74) is 1.62. The van der Waals surface area contributed by atoms with Gasteiger partial charge >= 0.3 is 0 Å². The number of hydrogen-bond donors (Lipinski definition) is 2. The Balaban J connectivity index is 1.64. The smallest absolute Gasteiger partial charge is 0.234 e. The zero-order chi connectivity index (χ0) is 17.1. The second-order valence-electron chi connectivity index (χ2n) is 4.85. The Morgan fingerprint density at radius 1 is 1.29 bits per heavy atom. The van der Waals surface area contributed by atoms with Gasteiger partial charge in [-0.3, -0.25) is 4.79 Å². The molecule has 2 aromatic carbocycles. The van der Waals surface area contributed by atoms with E-state index in [1.54, 1.807) is 24.3 Å². The van der Waals surface area contributed by atoms with Crippen molar-refractivity contribution in [3.63, 3.8) is 0 Å². The quantitative estimate of drug-likeness (QED) is 0.710. The van der Waals surface area contributed by atoms with E-state index in [-0.39, 0.29) is 11.7 Å². The Labute approximate surface area is 139 Å². The fraction of sp³-hybridized carbons (Fsp3) is 0.0625. The summed E-state index contributed by atoms with van der Waals surface area (Å²) in [6, 6.07) is 10.6. The van der Waals surface area contributed by atoms with Gasteiger partial charge in [0.25, 0.3) is 0 Å². The molecule has 24 heavy (non-hydrogen) atoms. The molecule has 0 fully saturated rings. The number of carbonyl (C=O) groups is 1. The van der Waals surface area contributed by atoms with Crippen LogP contribution >= 0.6 is 11.8 Å². The maximum absolute atomic E-state index is 13.2. The third-order valence-electron chi connectivity index (χ3n) is 3.12. The molecule has 1 amide bonds. The highest BCUT2D eigenvalue weighted by atomic mass is 32.2. The highest BCUT2D eigenvalue weighted by Gasteiger charge is 2.11. The van der Waals surface area contributed by atoms with Crippen LogP contribution in [0.3, 0.4) is 0 Å². The number of thioether (sulfide) groups is 1. The molecule has 0 radical (unpaired) electrons. The van der Waals surface area contributed by atoms with Crippen molar-refractivity contribution in [3.05, 3.63) is 53.6 Å². The SMILES string of the molecule is N#Cc1cccc(NC(=O)CSc2nc3cc(F)c(F)cc3[nH]2)c1. The number of H-pyrrole nitrogens is 1. The van der Waals surface area contributed by atoms with E-state index in [9.17, 15) is 13.6 Å². The van der Waals surface area contributed by atoms with Gasteiger partial charge < -0.3 is 10.3 Å². The van der Waals surface area contributed by atoms with Crippen molar-refractivity contribution in [2.45, 2.75) is 5.16 Å². The number of aromatic nitrogens is 2. The number of benzene rings is 2.